The van der Waals surface area contributed by atoms with Crippen LogP contribution in [0.1, 0.15) is 22.1 Å². The number of fused-ring (bicyclic) bond motifs is 1. The Morgan fingerprint density at radius 3 is 3.00 bits per heavy atom. The van der Waals surface area contributed by atoms with Gasteiger partial charge in [-0.05, 0) is 30.1 Å². The molecule has 1 aromatic carbocycles. The van der Waals surface area contributed by atoms with Gasteiger partial charge in [-0.1, -0.05) is 22.8 Å². The molecule has 1 N–H and O–H groups in total. The highest BCUT2D eigenvalue weighted by Gasteiger charge is 2.36. The number of benzene rings is 1. The molecule has 0 bridgehead atoms. The summed E-state index contributed by atoms with van der Waals surface area (Å²) in [5, 5.41) is 18.2. The smallest absolute Gasteiger partial charge is 0.427 e. The molecular weight excluding hydrogens is 282 g/mol. The first-order chi connectivity index (χ1) is 9.56. The quantitative estimate of drug-likeness (QED) is 0.758. The average Bonchev–Trinajstić information content (AvgIpc) is 2.85. The first kappa shape index (κ1) is 12.8. The number of aromatic nitrogens is 2. The van der Waals surface area contributed by atoms with Gasteiger partial charge < -0.3 is 9.55 Å². The van der Waals surface area contributed by atoms with Gasteiger partial charge in [0.15, 0.2) is 5.82 Å². The lowest BCUT2D eigenvalue weighted by molar-refractivity contribution is 0.0798. The summed E-state index contributed by atoms with van der Waals surface area (Å²) in [6, 6.07) is 4.91. The maximum Gasteiger partial charge on any atom is 0.475 e. The molecule has 0 unspecified atom stereocenters. The number of hydrazone groups is 1. The molecule has 9 heteroatoms. The number of rotatable bonds is 1. The summed E-state index contributed by atoms with van der Waals surface area (Å²) in [7, 11) is -1.23. The monoisotopic (exact) mass is 290 g/mol. The molecule has 1 aromatic heterocycles. The van der Waals surface area contributed by atoms with Crippen LogP contribution < -0.4 is 5.46 Å². The Morgan fingerprint density at radius 1 is 1.50 bits per heavy atom. The van der Waals surface area contributed by atoms with E-state index in [1.165, 1.54) is 6.21 Å². The molecule has 2 heterocycles. The third-order valence-electron chi connectivity index (χ3n) is 2.80. The van der Waals surface area contributed by atoms with Crippen LogP contribution in [0.4, 0.5) is 0 Å². The van der Waals surface area contributed by atoms with Crippen LogP contribution in [-0.2, 0) is 0 Å². The lowest BCUT2D eigenvalue weighted by atomic mass is 9.70. The van der Waals surface area contributed by atoms with E-state index in [4.69, 9.17) is 16.1 Å². The van der Waals surface area contributed by atoms with Crippen molar-refractivity contribution in [3.8, 4) is 0 Å². The highest BCUT2D eigenvalue weighted by Crippen LogP contribution is 2.14. The summed E-state index contributed by atoms with van der Waals surface area (Å²) in [5.74, 6) is -0.568. The molecule has 0 aliphatic carbocycles. The van der Waals surface area contributed by atoms with Crippen molar-refractivity contribution in [1.29, 1.82) is 0 Å². The fourth-order valence-electron chi connectivity index (χ4n) is 1.86. The maximum atomic E-state index is 12.1. The Kier molecular flexibility index (Phi) is 3.03. The van der Waals surface area contributed by atoms with Gasteiger partial charge in [-0.2, -0.15) is 10.1 Å². The second-order valence-corrected chi connectivity index (χ2v) is 4.62. The van der Waals surface area contributed by atoms with Gasteiger partial charge in [0.1, 0.15) is 0 Å². The molecule has 1 aliphatic rings. The van der Waals surface area contributed by atoms with E-state index in [2.05, 4.69) is 15.2 Å². The second kappa shape index (κ2) is 4.73. The number of halogens is 1. The van der Waals surface area contributed by atoms with Crippen LogP contribution in [0.3, 0.4) is 0 Å². The molecular formula is C11H8BClN4O3. The Morgan fingerprint density at radius 2 is 2.30 bits per heavy atom. The molecule has 0 saturated heterocycles. The van der Waals surface area contributed by atoms with E-state index in [1.54, 1.807) is 25.1 Å². The molecule has 2 aromatic rings. The molecule has 20 heavy (non-hydrogen) atoms. The van der Waals surface area contributed by atoms with Gasteiger partial charge in [-0.15, -0.1) is 0 Å². The minimum atomic E-state index is -1.23. The molecule has 0 radical (unpaired) electrons. The fraction of sp³-hybridized carbons (Fsp3) is 0.0909. The van der Waals surface area contributed by atoms with E-state index >= 15 is 0 Å². The fourth-order valence-corrected chi connectivity index (χ4v) is 2.04. The Labute approximate surface area is 119 Å². The van der Waals surface area contributed by atoms with E-state index in [-0.39, 0.29) is 5.89 Å². The van der Waals surface area contributed by atoms with Crippen molar-refractivity contribution in [2.24, 2.45) is 5.10 Å². The zero-order valence-corrected chi connectivity index (χ0v) is 11.1. The lowest BCUT2D eigenvalue weighted by Gasteiger charge is -2.23. The van der Waals surface area contributed by atoms with Gasteiger partial charge in [0, 0.05) is 5.02 Å². The minimum Gasteiger partial charge on any atom is -0.427 e. The van der Waals surface area contributed by atoms with Crippen molar-refractivity contribution >= 4 is 36.2 Å². The largest absolute Gasteiger partial charge is 0.475 e. The van der Waals surface area contributed by atoms with Crippen molar-refractivity contribution in [3.05, 3.63) is 40.5 Å². The summed E-state index contributed by atoms with van der Waals surface area (Å²) in [5.41, 5.74) is 1.17. The number of nitrogens with zero attached hydrogens (tertiary/aromatic N) is 4. The molecule has 1 amide bonds. The molecule has 0 saturated carbocycles. The van der Waals surface area contributed by atoms with Crippen molar-refractivity contribution in [1.82, 2.24) is 15.1 Å². The zero-order valence-electron chi connectivity index (χ0n) is 10.3. The van der Waals surface area contributed by atoms with Gasteiger partial charge in [0.05, 0.1) is 6.21 Å². The molecule has 3 rings (SSSR count). The number of amides is 1. The van der Waals surface area contributed by atoms with Crippen LogP contribution in [-0.4, -0.2) is 39.3 Å². The van der Waals surface area contributed by atoms with Crippen LogP contribution in [0, 0.1) is 6.92 Å². The van der Waals surface area contributed by atoms with Crippen molar-refractivity contribution in [2.75, 3.05) is 0 Å². The first-order valence-electron chi connectivity index (χ1n) is 5.71. The van der Waals surface area contributed by atoms with Crippen LogP contribution in [0.15, 0.2) is 27.8 Å². The van der Waals surface area contributed by atoms with Gasteiger partial charge in [0.2, 0.25) is 0 Å². The predicted molar refractivity (Wildman–Crippen MR) is 71.9 cm³/mol. The van der Waals surface area contributed by atoms with E-state index in [9.17, 15) is 9.82 Å². The molecule has 7 nitrogen and oxygen atoms in total. The molecule has 100 valence electrons. The van der Waals surface area contributed by atoms with Crippen molar-refractivity contribution in [3.63, 3.8) is 0 Å². The zero-order chi connectivity index (χ0) is 14.3. The summed E-state index contributed by atoms with van der Waals surface area (Å²) in [6.07, 6.45) is 1.44. The molecule has 0 spiro atoms. The summed E-state index contributed by atoms with van der Waals surface area (Å²) >= 11 is 5.86. The van der Waals surface area contributed by atoms with Crippen LogP contribution in [0.2, 0.25) is 5.02 Å². The summed E-state index contributed by atoms with van der Waals surface area (Å²) in [4.78, 5) is 16.8. The van der Waals surface area contributed by atoms with Gasteiger partial charge >= 0.3 is 18.8 Å². The molecule has 0 fully saturated rings. The van der Waals surface area contributed by atoms with Crippen LogP contribution >= 0.6 is 11.6 Å². The lowest BCUT2D eigenvalue weighted by Crippen LogP contribution is -2.52. The molecule has 0 atom stereocenters. The summed E-state index contributed by atoms with van der Waals surface area (Å²) < 4.78 is 4.78. The number of aryl methyl sites for hydroxylation is 1. The third kappa shape index (κ3) is 2.08. The second-order valence-electron chi connectivity index (χ2n) is 4.19. The topological polar surface area (TPSA) is 91.8 Å². The average molecular weight is 290 g/mol. The van der Waals surface area contributed by atoms with Crippen LogP contribution in [0.5, 0.6) is 0 Å². The maximum absolute atomic E-state index is 12.1. The highest BCUT2D eigenvalue weighted by atomic mass is 35.5. The van der Waals surface area contributed by atoms with Gasteiger partial charge in [-0.3, -0.25) is 4.79 Å². The molecule has 1 aliphatic heterocycles. The summed E-state index contributed by atoms with van der Waals surface area (Å²) in [6.45, 7) is 1.59. The van der Waals surface area contributed by atoms with E-state index < -0.39 is 13.0 Å². The third-order valence-corrected chi connectivity index (χ3v) is 3.03. The SMILES string of the molecule is Cc1noc(C(=O)N2N=Cc3cc(Cl)ccc3B2O)n1. The van der Waals surface area contributed by atoms with E-state index in [0.717, 1.165) is 4.92 Å². The number of carbonyl (C=O) groups excluding carboxylic acids is 1. The Bertz CT molecular complexity index is 717. The minimum absolute atomic E-state index is 0.226. The van der Waals surface area contributed by atoms with Crippen molar-refractivity contribution in [2.45, 2.75) is 6.92 Å². The first-order valence-corrected chi connectivity index (χ1v) is 6.09. The van der Waals surface area contributed by atoms with E-state index in [0.29, 0.717) is 21.9 Å². The number of hydrogen-bond donors (Lipinski definition) is 1. The number of hydrogen-bond acceptors (Lipinski definition) is 6. The Balaban J connectivity index is 1.95. The highest BCUT2D eigenvalue weighted by molar-refractivity contribution is 6.68. The van der Waals surface area contributed by atoms with Crippen LogP contribution in [0.25, 0.3) is 0 Å². The predicted octanol–water partition coefficient (Wildman–Crippen LogP) is 0.209. The van der Waals surface area contributed by atoms with Crippen molar-refractivity contribution < 1.29 is 14.3 Å². The van der Waals surface area contributed by atoms with Gasteiger partial charge in [0.25, 0.3) is 0 Å². The number of carbonyl (C=O) groups is 1. The van der Waals surface area contributed by atoms with Gasteiger partial charge in [-0.25, -0.2) is 4.92 Å². The normalized spacial score (nSPS) is 13.6. The Hall–Kier alpha value is -2.19. The van der Waals surface area contributed by atoms with E-state index in [1.807, 2.05) is 0 Å². The standard InChI is InChI=1S/C11H8BClN4O3/c1-6-15-10(20-16-6)11(18)17-12(19)9-3-2-8(13)4-7(9)5-14-17/h2-5,19H,1H3.